The number of rotatable bonds is 3. The molecule has 0 unspecified atom stereocenters. The Kier molecular flexibility index (Phi) is 4.29. The van der Waals surface area contributed by atoms with Gasteiger partial charge < -0.3 is 9.64 Å². The standard InChI is InChI=1S/C13H16F2N2O2/c14-13(15)5-1-8-17(10-13)12(18)19-9-4-11-2-6-16-7-3-11/h2-3,6-7H,1,4-5,8-10H2. The number of halogens is 2. The Balaban J connectivity index is 1.75. The third kappa shape index (κ3) is 4.15. The first-order valence-corrected chi connectivity index (χ1v) is 6.25. The molecule has 1 saturated heterocycles. The van der Waals surface area contributed by atoms with Crippen LogP contribution in [0.3, 0.4) is 0 Å². The lowest BCUT2D eigenvalue weighted by Gasteiger charge is -2.31. The molecule has 6 heteroatoms. The van der Waals surface area contributed by atoms with Crippen LogP contribution < -0.4 is 0 Å². The second kappa shape index (κ2) is 5.95. The average Bonchev–Trinajstić information content (AvgIpc) is 2.38. The van der Waals surface area contributed by atoms with Crippen molar-refractivity contribution in [2.45, 2.75) is 25.2 Å². The molecule has 0 bridgehead atoms. The highest BCUT2D eigenvalue weighted by molar-refractivity contribution is 5.67. The minimum Gasteiger partial charge on any atom is -0.449 e. The van der Waals surface area contributed by atoms with E-state index in [0.717, 1.165) is 10.5 Å². The lowest BCUT2D eigenvalue weighted by atomic mass is 10.1. The van der Waals surface area contributed by atoms with Gasteiger partial charge in [-0.3, -0.25) is 4.98 Å². The lowest BCUT2D eigenvalue weighted by Crippen LogP contribution is -2.46. The van der Waals surface area contributed by atoms with Gasteiger partial charge in [-0.1, -0.05) is 0 Å². The number of piperidine rings is 1. The fourth-order valence-electron chi connectivity index (χ4n) is 2.02. The molecule has 1 aliphatic heterocycles. The van der Waals surface area contributed by atoms with Crippen molar-refractivity contribution in [1.29, 1.82) is 0 Å². The van der Waals surface area contributed by atoms with E-state index in [1.54, 1.807) is 12.4 Å². The number of carbonyl (C=O) groups is 1. The van der Waals surface area contributed by atoms with Crippen LogP contribution in [-0.2, 0) is 11.2 Å². The van der Waals surface area contributed by atoms with Gasteiger partial charge in [0.1, 0.15) is 0 Å². The lowest BCUT2D eigenvalue weighted by molar-refractivity contribution is -0.0605. The number of ether oxygens (including phenoxy) is 1. The van der Waals surface area contributed by atoms with Crippen molar-refractivity contribution in [3.05, 3.63) is 30.1 Å². The second-order valence-electron chi connectivity index (χ2n) is 4.60. The van der Waals surface area contributed by atoms with Gasteiger partial charge in [-0.05, 0) is 24.1 Å². The van der Waals surface area contributed by atoms with Gasteiger partial charge in [-0.15, -0.1) is 0 Å². The third-order valence-electron chi connectivity index (χ3n) is 3.02. The summed E-state index contributed by atoms with van der Waals surface area (Å²) in [4.78, 5) is 16.6. The van der Waals surface area contributed by atoms with Gasteiger partial charge in [-0.2, -0.15) is 0 Å². The summed E-state index contributed by atoms with van der Waals surface area (Å²) in [5.41, 5.74) is 0.992. The number of likely N-dealkylation sites (tertiary alicyclic amines) is 1. The molecule has 0 saturated carbocycles. The van der Waals surface area contributed by atoms with Crippen LogP contribution in [0.15, 0.2) is 24.5 Å². The molecular weight excluding hydrogens is 254 g/mol. The Hall–Kier alpha value is -1.72. The zero-order valence-corrected chi connectivity index (χ0v) is 10.5. The molecule has 0 aliphatic carbocycles. The first-order valence-electron chi connectivity index (χ1n) is 6.25. The summed E-state index contributed by atoms with van der Waals surface area (Å²) in [6, 6.07) is 3.64. The molecule has 0 aromatic carbocycles. The number of amides is 1. The fourth-order valence-corrected chi connectivity index (χ4v) is 2.02. The van der Waals surface area contributed by atoms with Gasteiger partial charge in [-0.25, -0.2) is 13.6 Å². The largest absolute Gasteiger partial charge is 0.449 e. The first-order chi connectivity index (χ1) is 9.07. The number of alkyl halides is 2. The Morgan fingerprint density at radius 2 is 2.16 bits per heavy atom. The van der Waals surface area contributed by atoms with Crippen LogP contribution in [0.5, 0.6) is 0 Å². The topological polar surface area (TPSA) is 42.4 Å². The number of hydrogen-bond acceptors (Lipinski definition) is 3. The summed E-state index contributed by atoms with van der Waals surface area (Å²) in [6.07, 6.45) is 3.36. The molecule has 4 nitrogen and oxygen atoms in total. The van der Waals surface area contributed by atoms with Gasteiger partial charge in [0.05, 0.1) is 13.2 Å². The van der Waals surface area contributed by atoms with E-state index in [4.69, 9.17) is 4.74 Å². The molecule has 0 spiro atoms. The first kappa shape index (κ1) is 13.7. The van der Waals surface area contributed by atoms with E-state index in [-0.39, 0.29) is 13.0 Å². The molecular formula is C13H16F2N2O2. The molecule has 1 amide bonds. The van der Waals surface area contributed by atoms with E-state index in [2.05, 4.69) is 4.98 Å². The third-order valence-corrected chi connectivity index (χ3v) is 3.02. The Morgan fingerprint density at radius 1 is 1.42 bits per heavy atom. The SMILES string of the molecule is O=C(OCCc1ccncc1)N1CCCC(F)(F)C1. The van der Waals surface area contributed by atoms with Crippen molar-refractivity contribution >= 4 is 6.09 Å². The maximum atomic E-state index is 13.1. The number of carbonyl (C=O) groups excluding carboxylic acids is 1. The molecule has 1 aliphatic rings. The molecule has 1 fully saturated rings. The highest BCUT2D eigenvalue weighted by Gasteiger charge is 2.37. The van der Waals surface area contributed by atoms with Gasteiger partial charge >= 0.3 is 6.09 Å². The van der Waals surface area contributed by atoms with Crippen LogP contribution in [0.2, 0.25) is 0 Å². The number of nitrogens with zero attached hydrogens (tertiary/aromatic N) is 2. The molecule has 104 valence electrons. The fraction of sp³-hybridized carbons (Fsp3) is 0.538. The molecule has 0 atom stereocenters. The molecule has 0 radical (unpaired) electrons. The van der Waals surface area contributed by atoms with Crippen LogP contribution in [0.4, 0.5) is 13.6 Å². The van der Waals surface area contributed by atoms with Crippen molar-refractivity contribution in [2.75, 3.05) is 19.7 Å². The summed E-state index contributed by atoms with van der Waals surface area (Å²) in [5.74, 6) is -2.79. The zero-order valence-electron chi connectivity index (χ0n) is 10.5. The van der Waals surface area contributed by atoms with Crippen LogP contribution in [0.25, 0.3) is 0 Å². The quantitative estimate of drug-likeness (QED) is 0.847. The minimum absolute atomic E-state index is 0.159. The van der Waals surface area contributed by atoms with Crippen LogP contribution in [0, 0.1) is 0 Å². The molecule has 1 aromatic heterocycles. The Bertz CT molecular complexity index is 426. The normalized spacial score (nSPS) is 18.1. The Morgan fingerprint density at radius 3 is 2.84 bits per heavy atom. The van der Waals surface area contributed by atoms with Crippen molar-refractivity contribution < 1.29 is 18.3 Å². The molecule has 2 heterocycles. The highest BCUT2D eigenvalue weighted by atomic mass is 19.3. The van der Waals surface area contributed by atoms with E-state index in [1.165, 1.54) is 0 Å². The minimum atomic E-state index is -2.79. The molecule has 0 N–H and O–H groups in total. The van der Waals surface area contributed by atoms with Crippen LogP contribution >= 0.6 is 0 Å². The summed E-state index contributed by atoms with van der Waals surface area (Å²) < 4.78 is 31.3. The predicted molar refractivity (Wildman–Crippen MR) is 65.0 cm³/mol. The summed E-state index contributed by atoms with van der Waals surface area (Å²) in [6.45, 7) is -0.0182. The Labute approximate surface area is 110 Å². The van der Waals surface area contributed by atoms with Gasteiger partial charge in [0.15, 0.2) is 0 Å². The predicted octanol–water partition coefficient (Wildman–Crippen LogP) is 2.49. The smallest absolute Gasteiger partial charge is 0.409 e. The number of pyridine rings is 1. The van der Waals surface area contributed by atoms with Crippen LogP contribution in [0.1, 0.15) is 18.4 Å². The van der Waals surface area contributed by atoms with E-state index in [9.17, 15) is 13.6 Å². The van der Waals surface area contributed by atoms with Crippen molar-refractivity contribution in [3.63, 3.8) is 0 Å². The maximum absolute atomic E-state index is 13.1. The van der Waals surface area contributed by atoms with Gasteiger partial charge in [0.2, 0.25) is 0 Å². The van der Waals surface area contributed by atoms with E-state index in [1.807, 2.05) is 12.1 Å². The van der Waals surface area contributed by atoms with Gasteiger partial charge in [0, 0.05) is 31.8 Å². The summed E-state index contributed by atoms with van der Waals surface area (Å²) in [5, 5.41) is 0. The van der Waals surface area contributed by atoms with Crippen molar-refractivity contribution in [1.82, 2.24) is 9.88 Å². The van der Waals surface area contributed by atoms with Crippen molar-refractivity contribution in [2.24, 2.45) is 0 Å². The molecule has 1 aromatic rings. The zero-order chi connectivity index (χ0) is 13.7. The second-order valence-corrected chi connectivity index (χ2v) is 4.60. The monoisotopic (exact) mass is 270 g/mol. The van der Waals surface area contributed by atoms with Crippen LogP contribution in [-0.4, -0.2) is 41.6 Å². The summed E-state index contributed by atoms with van der Waals surface area (Å²) in [7, 11) is 0. The highest BCUT2D eigenvalue weighted by Crippen LogP contribution is 2.26. The molecule has 19 heavy (non-hydrogen) atoms. The van der Waals surface area contributed by atoms with Crippen molar-refractivity contribution in [3.8, 4) is 0 Å². The maximum Gasteiger partial charge on any atom is 0.409 e. The number of aromatic nitrogens is 1. The van der Waals surface area contributed by atoms with Gasteiger partial charge in [0.25, 0.3) is 5.92 Å². The van der Waals surface area contributed by atoms with E-state index in [0.29, 0.717) is 19.4 Å². The number of hydrogen-bond donors (Lipinski definition) is 0. The van der Waals surface area contributed by atoms with E-state index < -0.39 is 18.6 Å². The summed E-state index contributed by atoms with van der Waals surface area (Å²) >= 11 is 0. The molecule has 2 rings (SSSR count). The van der Waals surface area contributed by atoms with E-state index >= 15 is 0 Å². The average molecular weight is 270 g/mol.